The molecule has 0 aliphatic rings. The van der Waals surface area contributed by atoms with Crippen LogP contribution in [-0.2, 0) is 24.0 Å². The van der Waals surface area contributed by atoms with E-state index in [4.69, 9.17) is 10.2 Å². The zero-order chi connectivity index (χ0) is 40.5. The van der Waals surface area contributed by atoms with Crippen molar-refractivity contribution in [3.63, 3.8) is 0 Å². The van der Waals surface area contributed by atoms with E-state index < -0.39 is 112 Å². The van der Waals surface area contributed by atoms with Crippen LogP contribution in [0.15, 0.2) is 0 Å². The monoisotopic (exact) mass is 757 g/mol. The number of aliphatic hydroxyl groups excluding tert-OH is 10. The number of likely N-dealkylation sites (N-methyl/N-ethyl adjacent to an activating group) is 5. The highest BCUT2D eigenvalue weighted by molar-refractivity contribution is 5.91. The van der Waals surface area contributed by atoms with E-state index in [0.717, 1.165) is 14.7 Å². The Morgan fingerprint density at radius 2 is 0.788 bits per heavy atom. The Bertz CT molecular complexity index is 1090. The molecule has 5 amide bonds. The molecule has 11 N–H and O–H groups in total. The summed E-state index contributed by atoms with van der Waals surface area (Å²) in [7, 11) is 8.87. The summed E-state index contributed by atoms with van der Waals surface area (Å²) in [6.07, 6.45) is -15.1. The summed E-state index contributed by atoms with van der Waals surface area (Å²) in [4.78, 5) is 69.9. The molecule has 0 spiro atoms. The Morgan fingerprint density at radius 1 is 0.481 bits per heavy atom. The van der Waals surface area contributed by atoms with Gasteiger partial charge in [-0.15, -0.1) is 0 Å². The normalized spacial score (nSPS) is 16.3. The summed E-state index contributed by atoms with van der Waals surface area (Å²) < 4.78 is 0. The molecule has 0 heterocycles. The van der Waals surface area contributed by atoms with Crippen molar-refractivity contribution in [2.24, 2.45) is 0 Å². The van der Waals surface area contributed by atoms with Crippen LogP contribution in [0.4, 0.5) is 0 Å². The second-order valence-corrected chi connectivity index (χ2v) is 12.9. The second-order valence-electron chi connectivity index (χ2n) is 12.9. The van der Waals surface area contributed by atoms with Gasteiger partial charge in [0, 0.05) is 54.4 Å². The Kier molecular flexibility index (Phi) is 22.8. The number of nitrogens with one attached hydrogen (secondary N) is 1. The predicted molar refractivity (Wildman–Crippen MR) is 181 cm³/mol. The molecule has 304 valence electrons. The molecular formula is C30H59N7O15. The topological polar surface area (TPSA) is 319 Å². The minimum Gasteiger partial charge on any atom is -0.394 e. The van der Waals surface area contributed by atoms with Crippen molar-refractivity contribution in [3.8, 4) is 0 Å². The number of carbonyl (C=O) groups excluding carboxylic acids is 5. The Balaban J connectivity index is 5.20. The third-order valence-electron chi connectivity index (χ3n) is 7.94. The summed E-state index contributed by atoms with van der Waals surface area (Å²) in [6, 6.07) is 0. The number of aliphatic hydroxyl groups is 10. The molecule has 0 aliphatic heterocycles. The number of hydrogen-bond acceptors (Lipinski definition) is 17. The van der Waals surface area contributed by atoms with E-state index in [2.05, 4.69) is 5.32 Å². The fourth-order valence-corrected chi connectivity index (χ4v) is 4.47. The summed E-state index contributed by atoms with van der Waals surface area (Å²) in [5.41, 5.74) is 0. The third-order valence-corrected chi connectivity index (χ3v) is 7.94. The molecule has 8 atom stereocenters. The highest BCUT2D eigenvalue weighted by atomic mass is 16.4. The minimum absolute atomic E-state index is 0.0987. The molecule has 0 unspecified atom stereocenters. The van der Waals surface area contributed by atoms with E-state index in [9.17, 15) is 64.8 Å². The van der Waals surface area contributed by atoms with Gasteiger partial charge in [0.25, 0.3) is 0 Å². The van der Waals surface area contributed by atoms with E-state index >= 15 is 0 Å². The lowest BCUT2D eigenvalue weighted by Crippen LogP contribution is -2.54. The van der Waals surface area contributed by atoms with Gasteiger partial charge in [-0.05, 0) is 14.1 Å². The van der Waals surface area contributed by atoms with Crippen LogP contribution in [0.3, 0.4) is 0 Å². The zero-order valence-corrected chi connectivity index (χ0v) is 30.6. The number of amides is 5. The summed E-state index contributed by atoms with van der Waals surface area (Å²) in [6.45, 7) is -4.79. The van der Waals surface area contributed by atoms with E-state index in [0.29, 0.717) is 0 Å². The number of carbonyl (C=O) groups is 5. The molecule has 22 nitrogen and oxygen atoms in total. The van der Waals surface area contributed by atoms with Gasteiger partial charge in [-0.1, -0.05) is 0 Å². The summed E-state index contributed by atoms with van der Waals surface area (Å²) >= 11 is 0. The molecule has 0 aromatic rings. The predicted octanol–water partition coefficient (Wildman–Crippen LogP) is -9.33. The minimum atomic E-state index is -1.99. The van der Waals surface area contributed by atoms with Crippen LogP contribution in [0, 0.1) is 0 Å². The molecular weight excluding hydrogens is 698 g/mol. The lowest BCUT2D eigenvalue weighted by Gasteiger charge is -2.33. The molecule has 22 heteroatoms. The van der Waals surface area contributed by atoms with Crippen molar-refractivity contribution >= 4 is 29.5 Å². The van der Waals surface area contributed by atoms with Crippen LogP contribution in [0.5, 0.6) is 0 Å². The van der Waals surface area contributed by atoms with Crippen molar-refractivity contribution in [2.75, 3.05) is 114 Å². The summed E-state index contributed by atoms with van der Waals surface area (Å²) in [5.74, 6) is -2.67. The number of nitrogens with zero attached hydrogens (tertiary/aromatic N) is 6. The van der Waals surface area contributed by atoms with Gasteiger partial charge in [0.2, 0.25) is 29.5 Å². The molecule has 0 saturated carbocycles. The van der Waals surface area contributed by atoms with Crippen molar-refractivity contribution in [2.45, 2.75) is 48.8 Å². The van der Waals surface area contributed by atoms with Crippen molar-refractivity contribution in [1.29, 1.82) is 0 Å². The summed E-state index contributed by atoms with van der Waals surface area (Å²) in [5, 5.41) is 101. The van der Waals surface area contributed by atoms with Gasteiger partial charge in [0.05, 0.1) is 58.1 Å². The molecule has 0 aliphatic carbocycles. The van der Waals surface area contributed by atoms with Gasteiger partial charge in [0.15, 0.2) is 0 Å². The van der Waals surface area contributed by atoms with E-state index in [-0.39, 0.29) is 38.6 Å². The van der Waals surface area contributed by atoms with Crippen LogP contribution >= 0.6 is 0 Å². The number of hydrogen-bond donors (Lipinski definition) is 11. The van der Waals surface area contributed by atoms with Gasteiger partial charge in [-0.25, -0.2) is 0 Å². The average Bonchev–Trinajstić information content (AvgIpc) is 3.08. The molecule has 0 saturated heterocycles. The maximum atomic E-state index is 12.7. The van der Waals surface area contributed by atoms with Crippen molar-refractivity contribution < 1.29 is 75.0 Å². The average molecular weight is 758 g/mol. The molecule has 52 heavy (non-hydrogen) atoms. The maximum absolute atomic E-state index is 12.7. The first-order valence-corrected chi connectivity index (χ1v) is 16.3. The van der Waals surface area contributed by atoms with Crippen molar-refractivity contribution in [3.05, 3.63) is 0 Å². The first kappa shape index (κ1) is 48.9. The van der Waals surface area contributed by atoms with Gasteiger partial charge in [0.1, 0.15) is 36.6 Å². The Labute approximate surface area is 302 Å². The van der Waals surface area contributed by atoms with Gasteiger partial charge in [-0.2, -0.15) is 0 Å². The van der Waals surface area contributed by atoms with Gasteiger partial charge in [-0.3, -0.25) is 28.9 Å². The molecule has 0 aromatic carbocycles. The highest BCUT2D eigenvalue weighted by Crippen LogP contribution is 2.11. The maximum Gasteiger partial charge on any atom is 0.242 e. The lowest BCUT2D eigenvalue weighted by molar-refractivity contribution is -0.144. The first-order chi connectivity index (χ1) is 24.1. The SMILES string of the molecule is CN(C)CC(=O)N(C)CC(=O)N(C)CC(=O)N(C)CC(=O)N(C)CC(=O)NCCN(C[C@H](O)[C@@H](O)[C@H](O)[C@H](O)CO)C[C@H](O)[C@@H](O)[C@H](O)[C@H](O)CO. The van der Waals surface area contributed by atoms with E-state index in [1.165, 1.54) is 38.0 Å². The third kappa shape index (κ3) is 17.6. The molecule has 0 bridgehead atoms. The molecule has 0 fully saturated rings. The Morgan fingerprint density at radius 3 is 1.12 bits per heavy atom. The fourth-order valence-electron chi connectivity index (χ4n) is 4.47. The molecule has 0 radical (unpaired) electrons. The molecule has 0 rings (SSSR count). The van der Waals surface area contributed by atoms with Crippen LogP contribution in [0.1, 0.15) is 0 Å². The molecule has 0 aromatic heterocycles. The van der Waals surface area contributed by atoms with Gasteiger partial charge >= 0.3 is 0 Å². The quantitative estimate of drug-likeness (QED) is 0.0412. The van der Waals surface area contributed by atoms with Crippen LogP contribution in [-0.4, -0.2) is 273 Å². The van der Waals surface area contributed by atoms with E-state index in [1.54, 1.807) is 19.0 Å². The first-order valence-electron chi connectivity index (χ1n) is 16.3. The second kappa shape index (κ2) is 24.2. The largest absolute Gasteiger partial charge is 0.394 e. The van der Waals surface area contributed by atoms with Gasteiger partial charge < -0.3 is 80.9 Å². The standard InChI is InChI=1S/C30H59N7O15/c1-32(2)12-23(45)34(4)14-25(47)36(6)15-26(48)35(5)13-24(46)33(3)11-22(44)31-7-8-37(9-18(40)27(49)29(51)20(42)16-38)10-19(41)28(50)30(52)21(43)17-39/h18-21,27-30,38-43,49-52H,7-17H2,1-6H3,(H,31,44)/t18-,19-,20+,21+,27+,28+,29+,30+/m0/s1. The fraction of sp³-hybridized carbons (Fsp3) is 0.833. The zero-order valence-electron chi connectivity index (χ0n) is 30.6. The van der Waals surface area contributed by atoms with Crippen LogP contribution in [0.25, 0.3) is 0 Å². The lowest BCUT2D eigenvalue weighted by atomic mass is 10.0. The van der Waals surface area contributed by atoms with Crippen molar-refractivity contribution in [1.82, 2.24) is 34.7 Å². The van der Waals surface area contributed by atoms with Crippen LogP contribution in [0.2, 0.25) is 0 Å². The van der Waals surface area contributed by atoms with E-state index in [1.807, 2.05) is 0 Å². The highest BCUT2D eigenvalue weighted by Gasteiger charge is 2.34. The smallest absolute Gasteiger partial charge is 0.242 e. The van der Waals surface area contributed by atoms with Crippen LogP contribution < -0.4 is 5.32 Å². The Hall–Kier alpha value is -3.13. The number of rotatable bonds is 25.